The second-order valence-electron chi connectivity index (χ2n) is 17.4. The van der Waals surface area contributed by atoms with Gasteiger partial charge in [-0.05, 0) is 121 Å². The summed E-state index contributed by atoms with van der Waals surface area (Å²) in [7, 11) is -1.33. The molecule has 0 nitrogen and oxygen atoms in total. The molecule has 0 spiro atoms. The Morgan fingerprint density at radius 3 is 1.95 bits per heavy atom. The first kappa shape index (κ1) is 27.1. The quantitative estimate of drug-likeness (QED) is 0.296. The average Bonchev–Trinajstić information content (AvgIpc) is 3.71. The normalized spacial score (nSPS) is 49.9. The smallest absolute Gasteiger partial charge is 0.0541 e. The lowest BCUT2D eigenvalue weighted by molar-refractivity contribution is 0.0159. The highest BCUT2D eigenvalue weighted by molar-refractivity contribution is 6.80. The van der Waals surface area contributed by atoms with Crippen molar-refractivity contribution in [2.24, 2.45) is 71.0 Å². The molecule has 0 aliphatic heterocycles. The highest BCUT2D eigenvalue weighted by Crippen LogP contribution is 2.68. The van der Waals surface area contributed by atoms with Gasteiger partial charge >= 0.3 is 0 Å². The second kappa shape index (κ2) is 10.8. The molecule has 0 N–H and O–H groups in total. The largest absolute Gasteiger partial charge is 0.0689 e. The van der Waals surface area contributed by atoms with Gasteiger partial charge < -0.3 is 0 Å². The molecule has 38 heavy (non-hydrogen) atoms. The summed E-state index contributed by atoms with van der Waals surface area (Å²) in [5.41, 5.74) is 2.34. The molecule has 0 radical (unpaired) electrons. The average molecular weight is 537 g/mol. The maximum absolute atomic E-state index is 2.99. The first-order chi connectivity index (χ1) is 18.5. The van der Waals surface area contributed by atoms with Crippen LogP contribution in [0.4, 0.5) is 0 Å². The molecule has 0 heterocycles. The van der Waals surface area contributed by atoms with Crippen molar-refractivity contribution >= 4 is 8.07 Å². The van der Waals surface area contributed by atoms with Crippen molar-refractivity contribution in [3.63, 3.8) is 0 Å². The van der Waals surface area contributed by atoms with E-state index < -0.39 is 8.07 Å². The van der Waals surface area contributed by atoms with Crippen LogP contribution in [0.15, 0.2) is 0 Å². The lowest BCUT2D eigenvalue weighted by atomic mass is 9.58. The maximum atomic E-state index is 2.99. The van der Waals surface area contributed by atoms with Crippen LogP contribution in [0.2, 0.25) is 24.2 Å². The molecule has 7 fully saturated rings. The first-order valence-corrected chi connectivity index (χ1v) is 21.6. The van der Waals surface area contributed by atoms with Crippen molar-refractivity contribution in [1.29, 1.82) is 0 Å². The Hall–Kier alpha value is 0.217. The molecule has 0 aromatic carbocycles. The van der Waals surface area contributed by atoms with Crippen LogP contribution >= 0.6 is 0 Å². The highest BCUT2D eigenvalue weighted by Gasteiger charge is 2.61. The summed E-state index contributed by atoms with van der Waals surface area (Å²) in [4.78, 5) is 0. The standard InChI is InChI=1S/C37H64Si/c1-5-11-24(2)31-23-36(34-21-27-15-9-14-26(27)20-32(31)34)38(3,4)35-19-18-30-33(35)22-28-16-10-17-29(28)37(30)25-12-7-6-8-13-25/h24-37H,5-23H2,1-4H3. The predicted octanol–water partition coefficient (Wildman–Crippen LogP) is 11.4. The molecular formula is C37H64Si. The van der Waals surface area contributed by atoms with Gasteiger partial charge in [0.25, 0.3) is 0 Å². The van der Waals surface area contributed by atoms with Gasteiger partial charge in [-0.15, -0.1) is 0 Å². The Labute approximate surface area is 238 Å². The SMILES string of the molecule is CCCC(C)C1CC([Si](C)(C)C2CCC3C2CC2CCCC2C3C2CCCCC2)C2CC3CCCC3CC12. The van der Waals surface area contributed by atoms with Gasteiger partial charge in [0.2, 0.25) is 0 Å². The van der Waals surface area contributed by atoms with E-state index in [0.29, 0.717) is 0 Å². The molecule has 7 rings (SSSR count). The molecular weight excluding hydrogens is 472 g/mol. The first-order valence-electron chi connectivity index (χ1n) is 18.5. The van der Waals surface area contributed by atoms with E-state index in [0.717, 1.165) is 76.6 Å². The highest BCUT2D eigenvalue weighted by atomic mass is 28.3. The Kier molecular flexibility index (Phi) is 7.70. The minimum Gasteiger partial charge on any atom is -0.0689 e. The predicted molar refractivity (Wildman–Crippen MR) is 166 cm³/mol. The fourth-order valence-corrected chi connectivity index (χ4v) is 19.7. The van der Waals surface area contributed by atoms with Crippen LogP contribution in [0.5, 0.6) is 0 Å². The molecule has 7 aliphatic rings. The fraction of sp³-hybridized carbons (Fsp3) is 1.00. The number of hydrogen-bond acceptors (Lipinski definition) is 0. The van der Waals surface area contributed by atoms with Crippen molar-refractivity contribution in [3.8, 4) is 0 Å². The fourth-order valence-electron chi connectivity index (χ4n) is 14.4. The van der Waals surface area contributed by atoms with Crippen LogP contribution in [0.3, 0.4) is 0 Å². The zero-order chi connectivity index (χ0) is 26.0. The lowest BCUT2D eigenvalue weighted by Gasteiger charge is -2.51. The second-order valence-corrected chi connectivity index (χ2v) is 22.5. The lowest BCUT2D eigenvalue weighted by Crippen LogP contribution is -2.47. The molecule has 13 unspecified atom stereocenters. The maximum Gasteiger partial charge on any atom is 0.0541 e. The van der Waals surface area contributed by atoms with E-state index in [1.807, 2.05) is 0 Å². The molecule has 0 aromatic heterocycles. The van der Waals surface area contributed by atoms with Crippen molar-refractivity contribution < 1.29 is 0 Å². The van der Waals surface area contributed by atoms with Gasteiger partial charge in [0.1, 0.15) is 0 Å². The van der Waals surface area contributed by atoms with Gasteiger partial charge in [0.05, 0.1) is 8.07 Å². The van der Waals surface area contributed by atoms with Crippen LogP contribution in [0.1, 0.15) is 136 Å². The van der Waals surface area contributed by atoms with Crippen LogP contribution < -0.4 is 0 Å². The molecule has 0 aromatic rings. The third-order valence-electron chi connectivity index (χ3n) is 15.8. The van der Waals surface area contributed by atoms with Crippen molar-refractivity contribution in [3.05, 3.63) is 0 Å². The van der Waals surface area contributed by atoms with Crippen LogP contribution in [-0.4, -0.2) is 8.07 Å². The monoisotopic (exact) mass is 536 g/mol. The number of hydrogen-bond donors (Lipinski definition) is 0. The van der Waals surface area contributed by atoms with Crippen LogP contribution in [0, 0.1) is 71.0 Å². The minimum atomic E-state index is -1.33. The summed E-state index contributed by atoms with van der Waals surface area (Å²) in [5.74, 6) is 13.4. The van der Waals surface area contributed by atoms with Crippen molar-refractivity contribution in [2.75, 3.05) is 0 Å². The summed E-state index contributed by atoms with van der Waals surface area (Å²) in [6.07, 6.45) is 30.3. The Balaban J connectivity index is 1.16. The summed E-state index contributed by atoms with van der Waals surface area (Å²) in [6.45, 7) is 11.1. The minimum absolute atomic E-state index is 0.987. The number of fused-ring (bicyclic) bond motifs is 4. The van der Waals surface area contributed by atoms with E-state index in [4.69, 9.17) is 0 Å². The zero-order valence-corrected chi connectivity index (χ0v) is 27.0. The molecule has 0 saturated heterocycles. The molecule has 216 valence electrons. The molecule has 13 atom stereocenters. The van der Waals surface area contributed by atoms with Gasteiger partial charge in [-0.25, -0.2) is 0 Å². The van der Waals surface area contributed by atoms with E-state index >= 15 is 0 Å². The topological polar surface area (TPSA) is 0 Å². The van der Waals surface area contributed by atoms with E-state index in [1.165, 1.54) is 24.8 Å². The molecule has 0 amide bonds. The van der Waals surface area contributed by atoms with Crippen LogP contribution in [0.25, 0.3) is 0 Å². The van der Waals surface area contributed by atoms with Gasteiger partial charge in [-0.1, -0.05) is 110 Å². The van der Waals surface area contributed by atoms with Gasteiger partial charge in [0, 0.05) is 0 Å². The van der Waals surface area contributed by atoms with E-state index in [2.05, 4.69) is 26.9 Å². The van der Waals surface area contributed by atoms with Gasteiger partial charge in [-0.2, -0.15) is 0 Å². The van der Waals surface area contributed by atoms with E-state index in [-0.39, 0.29) is 0 Å². The third kappa shape index (κ3) is 4.47. The molecule has 7 saturated carbocycles. The third-order valence-corrected chi connectivity index (χ3v) is 21.1. The van der Waals surface area contributed by atoms with Crippen molar-refractivity contribution in [1.82, 2.24) is 0 Å². The zero-order valence-electron chi connectivity index (χ0n) is 26.0. The summed E-state index contributed by atoms with van der Waals surface area (Å²) >= 11 is 0. The van der Waals surface area contributed by atoms with Crippen LogP contribution in [-0.2, 0) is 0 Å². The summed E-state index contributed by atoms with van der Waals surface area (Å²) in [6, 6.07) is 0. The molecule has 7 aliphatic carbocycles. The molecule has 0 bridgehead atoms. The summed E-state index contributed by atoms with van der Waals surface area (Å²) in [5, 5.41) is 0. The van der Waals surface area contributed by atoms with E-state index in [9.17, 15) is 0 Å². The van der Waals surface area contributed by atoms with Gasteiger partial charge in [0.15, 0.2) is 0 Å². The number of rotatable bonds is 6. The van der Waals surface area contributed by atoms with E-state index in [1.54, 1.807) is 103 Å². The van der Waals surface area contributed by atoms with Crippen molar-refractivity contribution in [2.45, 2.75) is 160 Å². The van der Waals surface area contributed by atoms with Gasteiger partial charge in [-0.3, -0.25) is 0 Å². The molecule has 1 heteroatoms. The Morgan fingerprint density at radius 1 is 0.553 bits per heavy atom. The Bertz CT molecular complexity index is 810. The summed E-state index contributed by atoms with van der Waals surface area (Å²) < 4.78 is 0. The Morgan fingerprint density at radius 2 is 1.18 bits per heavy atom.